The van der Waals surface area contributed by atoms with Gasteiger partial charge in [0.2, 0.25) is 5.91 Å². The van der Waals surface area contributed by atoms with E-state index in [0.717, 1.165) is 0 Å². The maximum absolute atomic E-state index is 14.0. The van der Waals surface area contributed by atoms with Gasteiger partial charge in [0.1, 0.15) is 12.4 Å². The van der Waals surface area contributed by atoms with Gasteiger partial charge in [-0.3, -0.25) is 19.0 Å². The Morgan fingerprint density at radius 2 is 1.64 bits per heavy atom. The van der Waals surface area contributed by atoms with Crippen LogP contribution >= 0.6 is 0 Å². The highest BCUT2D eigenvalue weighted by atomic mass is 19.1. The molecule has 144 valence electrons. The smallest absolute Gasteiger partial charge is 0.317 e. The van der Waals surface area contributed by atoms with E-state index in [2.05, 4.69) is 4.98 Å². The van der Waals surface area contributed by atoms with Crippen molar-refractivity contribution in [1.29, 1.82) is 0 Å². The van der Waals surface area contributed by atoms with E-state index in [1.165, 1.54) is 10.6 Å². The Hall–Kier alpha value is -3.42. The molecule has 7 nitrogen and oxygen atoms in total. The molecule has 2 heterocycles. The molecule has 0 spiro atoms. The Balaban J connectivity index is 1.51. The van der Waals surface area contributed by atoms with Gasteiger partial charge in [0, 0.05) is 26.2 Å². The molecule has 0 aliphatic carbocycles. The molecule has 1 aliphatic rings. The fraction of sp³-hybridized carbons (Fsp3) is 0.250. The van der Waals surface area contributed by atoms with E-state index < -0.39 is 11.1 Å². The van der Waals surface area contributed by atoms with Crippen LogP contribution < -0.4 is 16.0 Å². The molecule has 0 atom stereocenters. The lowest BCUT2D eigenvalue weighted by molar-refractivity contribution is -0.132. The van der Waals surface area contributed by atoms with Crippen LogP contribution in [0.5, 0.6) is 0 Å². The summed E-state index contributed by atoms with van der Waals surface area (Å²) in [4.78, 5) is 43.0. The van der Waals surface area contributed by atoms with Crippen molar-refractivity contribution in [3.63, 3.8) is 0 Å². The third-order valence-electron chi connectivity index (χ3n) is 5.00. The molecule has 0 radical (unpaired) electrons. The van der Waals surface area contributed by atoms with E-state index in [-0.39, 0.29) is 18.3 Å². The average Bonchev–Trinajstić information content (AvgIpc) is 2.72. The number of aromatic nitrogens is 2. The number of halogens is 1. The summed E-state index contributed by atoms with van der Waals surface area (Å²) in [6, 6.07) is 13.4. The third-order valence-corrected chi connectivity index (χ3v) is 5.00. The van der Waals surface area contributed by atoms with Crippen LogP contribution in [-0.2, 0) is 11.3 Å². The number of fused-ring (bicyclic) bond motifs is 1. The maximum atomic E-state index is 14.0. The summed E-state index contributed by atoms with van der Waals surface area (Å²) in [6.07, 6.45) is 0. The number of benzene rings is 2. The van der Waals surface area contributed by atoms with Gasteiger partial charge in [0.25, 0.3) is 0 Å². The fourth-order valence-electron chi connectivity index (χ4n) is 3.52. The summed E-state index contributed by atoms with van der Waals surface area (Å²) in [5, 5.41) is 0. The van der Waals surface area contributed by atoms with Crippen LogP contribution in [0.15, 0.2) is 58.1 Å². The molecule has 1 fully saturated rings. The molecule has 3 aromatic rings. The molecule has 2 aromatic carbocycles. The zero-order valence-electron chi connectivity index (χ0n) is 15.1. The lowest BCUT2D eigenvalue weighted by Crippen LogP contribution is -2.50. The SMILES string of the molecule is O=C(Cn1c(=O)c(=O)[nH]c2ccccc21)N1CCN(c2ccccc2F)CC1. The van der Waals surface area contributed by atoms with Crippen molar-refractivity contribution in [3.8, 4) is 0 Å². The first-order valence-electron chi connectivity index (χ1n) is 9.04. The monoisotopic (exact) mass is 382 g/mol. The summed E-state index contributed by atoms with van der Waals surface area (Å²) >= 11 is 0. The van der Waals surface area contributed by atoms with Crippen molar-refractivity contribution in [2.45, 2.75) is 6.54 Å². The minimum atomic E-state index is -0.754. The average molecular weight is 382 g/mol. The first kappa shape index (κ1) is 18.0. The highest BCUT2D eigenvalue weighted by Gasteiger charge is 2.23. The minimum Gasteiger partial charge on any atom is -0.366 e. The molecule has 0 unspecified atom stereocenters. The highest BCUT2D eigenvalue weighted by Crippen LogP contribution is 2.20. The van der Waals surface area contributed by atoms with Gasteiger partial charge in [-0.15, -0.1) is 0 Å². The van der Waals surface area contributed by atoms with Gasteiger partial charge in [-0.25, -0.2) is 4.39 Å². The minimum absolute atomic E-state index is 0.205. The highest BCUT2D eigenvalue weighted by molar-refractivity contribution is 5.80. The van der Waals surface area contributed by atoms with Crippen LogP contribution in [0.2, 0.25) is 0 Å². The summed E-state index contributed by atoms with van der Waals surface area (Å²) in [5.41, 5.74) is 0.0223. The number of para-hydroxylation sites is 3. The van der Waals surface area contributed by atoms with Gasteiger partial charge < -0.3 is 14.8 Å². The Morgan fingerprint density at radius 1 is 0.964 bits per heavy atom. The van der Waals surface area contributed by atoms with Crippen molar-refractivity contribution in [1.82, 2.24) is 14.5 Å². The molecule has 1 aliphatic heterocycles. The second kappa shape index (κ2) is 7.30. The number of H-pyrrole nitrogens is 1. The molecule has 8 heteroatoms. The van der Waals surface area contributed by atoms with Crippen LogP contribution in [0.4, 0.5) is 10.1 Å². The number of nitrogens with zero attached hydrogens (tertiary/aromatic N) is 3. The Labute approximate surface area is 159 Å². The summed E-state index contributed by atoms with van der Waals surface area (Å²) < 4.78 is 15.2. The molecule has 1 aromatic heterocycles. The van der Waals surface area contributed by atoms with E-state index in [1.807, 2.05) is 4.90 Å². The van der Waals surface area contributed by atoms with Crippen molar-refractivity contribution in [2.75, 3.05) is 31.1 Å². The van der Waals surface area contributed by atoms with Gasteiger partial charge in [-0.05, 0) is 24.3 Å². The molecule has 0 bridgehead atoms. The number of anilines is 1. The predicted octanol–water partition coefficient (Wildman–Crippen LogP) is 1.18. The van der Waals surface area contributed by atoms with Crippen LogP contribution in [0.25, 0.3) is 11.0 Å². The molecule has 1 amide bonds. The maximum Gasteiger partial charge on any atom is 0.317 e. The van der Waals surface area contributed by atoms with E-state index in [4.69, 9.17) is 0 Å². The Bertz CT molecular complexity index is 1150. The molecule has 4 rings (SSSR count). The second-order valence-corrected chi connectivity index (χ2v) is 6.68. The van der Waals surface area contributed by atoms with Gasteiger partial charge >= 0.3 is 11.1 Å². The number of carbonyl (C=O) groups is 1. The molecule has 1 saturated heterocycles. The molecule has 1 N–H and O–H groups in total. The topological polar surface area (TPSA) is 78.4 Å². The van der Waals surface area contributed by atoms with E-state index in [0.29, 0.717) is 42.9 Å². The number of amides is 1. The zero-order valence-corrected chi connectivity index (χ0v) is 15.1. The van der Waals surface area contributed by atoms with Crippen LogP contribution in [0.3, 0.4) is 0 Å². The van der Waals surface area contributed by atoms with Gasteiger partial charge in [-0.1, -0.05) is 24.3 Å². The van der Waals surface area contributed by atoms with Gasteiger partial charge in [-0.2, -0.15) is 0 Å². The van der Waals surface area contributed by atoms with Crippen molar-refractivity contribution >= 4 is 22.6 Å². The van der Waals surface area contributed by atoms with Crippen molar-refractivity contribution in [3.05, 3.63) is 75.1 Å². The van der Waals surface area contributed by atoms with Crippen molar-refractivity contribution in [2.24, 2.45) is 0 Å². The van der Waals surface area contributed by atoms with E-state index in [1.54, 1.807) is 47.4 Å². The zero-order chi connectivity index (χ0) is 19.7. The number of nitrogens with one attached hydrogen (secondary N) is 1. The normalized spacial score (nSPS) is 14.5. The summed E-state index contributed by atoms with van der Waals surface area (Å²) in [7, 11) is 0. The van der Waals surface area contributed by atoms with Crippen LogP contribution in [-0.4, -0.2) is 46.5 Å². The Morgan fingerprint density at radius 3 is 2.39 bits per heavy atom. The number of hydrogen-bond donors (Lipinski definition) is 1. The standard InChI is InChI=1S/C20H19FN4O3/c21-14-5-1-3-7-16(14)23-9-11-24(12-10-23)18(26)13-25-17-8-4-2-6-15(17)22-19(27)20(25)28/h1-8H,9-13H2,(H,22,27). The lowest BCUT2D eigenvalue weighted by Gasteiger charge is -2.36. The quantitative estimate of drug-likeness (QED) is 0.690. The predicted molar refractivity (Wildman–Crippen MR) is 104 cm³/mol. The molecular formula is C20H19FN4O3. The van der Waals surface area contributed by atoms with E-state index in [9.17, 15) is 18.8 Å². The largest absolute Gasteiger partial charge is 0.366 e. The number of hydrogen-bond acceptors (Lipinski definition) is 4. The lowest BCUT2D eigenvalue weighted by atomic mass is 10.2. The van der Waals surface area contributed by atoms with Crippen LogP contribution in [0.1, 0.15) is 0 Å². The van der Waals surface area contributed by atoms with Gasteiger partial charge in [0.05, 0.1) is 16.7 Å². The molecular weight excluding hydrogens is 363 g/mol. The first-order valence-corrected chi connectivity index (χ1v) is 9.04. The number of aromatic amines is 1. The third kappa shape index (κ3) is 3.28. The summed E-state index contributed by atoms with van der Waals surface area (Å²) in [6.45, 7) is 1.63. The fourth-order valence-corrected chi connectivity index (χ4v) is 3.52. The van der Waals surface area contributed by atoms with Gasteiger partial charge in [0.15, 0.2) is 0 Å². The van der Waals surface area contributed by atoms with Crippen molar-refractivity contribution < 1.29 is 9.18 Å². The second-order valence-electron chi connectivity index (χ2n) is 6.68. The Kier molecular flexibility index (Phi) is 4.68. The number of carbonyl (C=O) groups excluding carboxylic acids is 1. The molecule has 0 saturated carbocycles. The molecule has 28 heavy (non-hydrogen) atoms. The summed E-state index contributed by atoms with van der Waals surface area (Å²) in [5.74, 6) is -0.533. The number of rotatable bonds is 3. The van der Waals surface area contributed by atoms with Crippen LogP contribution in [0, 0.1) is 5.82 Å². The first-order chi connectivity index (χ1) is 13.5. The number of piperazine rings is 1. The van der Waals surface area contributed by atoms with E-state index >= 15 is 0 Å².